The summed E-state index contributed by atoms with van der Waals surface area (Å²) in [6, 6.07) is 17.8. The average molecular weight is 380 g/mol. The summed E-state index contributed by atoms with van der Waals surface area (Å²) in [6.07, 6.45) is 1.69. The number of rotatable bonds is 8. The van der Waals surface area contributed by atoms with Crippen molar-refractivity contribution in [3.63, 3.8) is 0 Å². The van der Waals surface area contributed by atoms with Crippen molar-refractivity contribution in [3.8, 4) is 0 Å². The van der Waals surface area contributed by atoms with E-state index in [1.807, 2.05) is 67.6 Å². The van der Waals surface area contributed by atoms with Crippen LogP contribution >= 0.6 is 0 Å². The van der Waals surface area contributed by atoms with Gasteiger partial charge in [-0.1, -0.05) is 74.0 Å². The Morgan fingerprint density at radius 3 is 2.11 bits per heavy atom. The van der Waals surface area contributed by atoms with E-state index in [1.165, 1.54) is 0 Å². The maximum Gasteiger partial charge on any atom is 0.325 e. The van der Waals surface area contributed by atoms with Gasteiger partial charge in [-0.15, -0.1) is 0 Å². The normalized spacial score (nSPS) is 15.4. The van der Waals surface area contributed by atoms with E-state index in [4.69, 9.17) is 4.74 Å². The number of imide groups is 1. The number of esters is 1. The predicted molar refractivity (Wildman–Crippen MR) is 104 cm³/mol. The second-order valence-corrected chi connectivity index (χ2v) is 6.69. The van der Waals surface area contributed by atoms with Gasteiger partial charge in [-0.25, -0.2) is 4.79 Å². The van der Waals surface area contributed by atoms with Crippen LogP contribution in [0.4, 0.5) is 4.79 Å². The van der Waals surface area contributed by atoms with Crippen molar-refractivity contribution < 1.29 is 19.1 Å². The monoisotopic (exact) mass is 380 g/mol. The minimum absolute atomic E-state index is 0.0168. The van der Waals surface area contributed by atoms with Gasteiger partial charge in [0.1, 0.15) is 0 Å². The zero-order valence-corrected chi connectivity index (χ0v) is 15.9. The molecule has 1 aliphatic rings. The molecule has 1 heterocycles. The Hall–Kier alpha value is -3.15. The molecule has 146 valence electrons. The molecule has 0 atom stereocenters. The summed E-state index contributed by atoms with van der Waals surface area (Å²) < 4.78 is 5.13. The van der Waals surface area contributed by atoms with E-state index in [9.17, 15) is 14.4 Å². The van der Waals surface area contributed by atoms with Crippen LogP contribution in [0.1, 0.15) is 37.3 Å². The van der Waals surface area contributed by atoms with Gasteiger partial charge in [0.2, 0.25) is 0 Å². The lowest BCUT2D eigenvalue weighted by molar-refractivity contribution is -0.144. The number of unbranched alkanes of at least 4 members (excludes halogenated alkanes) is 1. The lowest BCUT2D eigenvalue weighted by Gasteiger charge is -2.28. The number of amides is 3. The molecule has 2 aromatic carbocycles. The van der Waals surface area contributed by atoms with Crippen LogP contribution < -0.4 is 5.32 Å². The third-order valence-electron chi connectivity index (χ3n) is 4.82. The maximum atomic E-state index is 13.4. The lowest BCUT2D eigenvalue weighted by Crippen LogP contribution is -2.45. The molecule has 6 heteroatoms. The van der Waals surface area contributed by atoms with E-state index in [0.29, 0.717) is 17.7 Å². The Labute approximate surface area is 164 Å². The fraction of sp³-hybridized carbons (Fsp3) is 0.318. The summed E-state index contributed by atoms with van der Waals surface area (Å²) in [7, 11) is 0. The van der Waals surface area contributed by atoms with Crippen LogP contribution in [0.5, 0.6) is 0 Å². The topological polar surface area (TPSA) is 75.7 Å². The molecule has 3 rings (SSSR count). The first-order chi connectivity index (χ1) is 13.6. The molecule has 0 unspecified atom stereocenters. The number of nitrogens with zero attached hydrogens (tertiary/aromatic N) is 1. The highest BCUT2D eigenvalue weighted by atomic mass is 16.5. The highest BCUT2D eigenvalue weighted by molar-refractivity contribution is 6.09. The average Bonchev–Trinajstić information content (AvgIpc) is 2.99. The fourth-order valence-electron chi connectivity index (χ4n) is 3.32. The summed E-state index contributed by atoms with van der Waals surface area (Å²) in [5, 5.41) is 2.86. The maximum absolute atomic E-state index is 13.4. The molecule has 2 aromatic rings. The molecule has 0 radical (unpaired) electrons. The van der Waals surface area contributed by atoms with Crippen LogP contribution in [0.25, 0.3) is 0 Å². The van der Waals surface area contributed by atoms with Crippen molar-refractivity contribution in [2.45, 2.75) is 31.7 Å². The van der Waals surface area contributed by atoms with Gasteiger partial charge in [0, 0.05) is 6.54 Å². The SMILES string of the molecule is CCCCOC(=O)CCN1C(=O)NC(c2ccccc2)(c2ccccc2)C1=O. The second-order valence-electron chi connectivity index (χ2n) is 6.69. The fourth-order valence-corrected chi connectivity index (χ4v) is 3.32. The molecule has 1 aliphatic heterocycles. The first-order valence-electron chi connectivity index (χ1n) is 9.50. The minimum atomic E-state index is -1.30. The highest BCUT2D eigenvalue weighted by Gasteiger charge is 2.53. The molecule has 0 aromatic heterocycles. The van der Waals surface area contributed by atoms with Crippen molar-refractivity contribution in [2.75, 3.05) is 13.2 Å². The molecule has 6 nitrogen and oxygen atoms in total. The lowest BCUT2D eigenvalue weighted by atomic mass is 9.82. The molecule has 1 fully saturated rings. The van der Waals surface area contributed by atoms with Gasteiger partial charge < -0.3 is 10.1 Å². The zero-order chi connectivity index (χ0) is 20.0. The van der Waals surface area contributed by atoms with Crippen molar-refractivity contribution in [3.05, 3.63) is 71.8 Å². The smallest absolute Gasteiger partial charge is 0.325 e. The molecule has 3 amide bonds. The van der Waals surface area contributed by atoms with E-state index >= 15 is 0 Å². The number of urea groups is 1. The number of carbonyl (C=O) groups excluding carboxylic acids is 3. The Morgan fingerprint density at radius 1 is 1.00 bits per heavy atom. The van der Waals surface area contributed by atoms with Crippen molar-refractivity contribution in [1.82, 2.24) is 10.2 Å². The third-order valence-corrected chi connectivity index (χ3v) is 4.82. The number of ether oxygens (including phenoxy) is 1. The summed E-state index contributed by atoms with van der Waals surface area (Å²) in [5.41, 5.74) is 0.0475. The summed E-state index contributed by atoms with van der Waals surface area (Å²) in [6.45, 7) is 2.35. The van der Waals surface area contributed by atoms with Gasteiger partial charge in [-0.05, 0) is 17.5 Å². The zero-order valence-electron chi connectivity index (χ0n) is 15.9. The van der Waals surface area contributed by atoms with Crippen LogP contribution in [-0.4, -0.2) is 36.0 Å². The summed E-state index contributed by atoms with van der Waals surface area (Å²) in [4.78, 5) is 39.1. The molecule has 0 bridgehead atoms. The van der Waals surface area contributed by atoms with Gasteiger partial charge in [-0.3, -0.25) is 14.5 Å². The summed E-state index contributed by atoms with van der Waals surface area (Å²) in [5.74, 6) is -0.803. The number of hydrogen-bond acceptors (Lipinski definition) is 4. The largest absolute Gasteiger partial charge is 0.466 e. The molecule has 0 spiro atoms. The third kappa shape index (κ3) is 3.76. The molecule has 0 saturated carbocycles. The first kappa shape index (κ1) is 19.6. The number of nitrogens with one attached hydrogen (secondary N) is 1. The van der Waals surface area contributed by atoms with Gasteiger partial charge in [-0.2, -0.15) is 0 Å². The molecule has 0 aliphatic carbocycles. The van der Waals surface area contributed by atoms with Gasteiger partial charge in [0.25, 0.3) is 5.91 Å². The van der Waals surface area contributed by atoms with Crippen molar-refractivity contribution in [2.24, 2.45) is 0 Å². The number of carbonyl (C=O) groups is 3. The van der Waals surface area contributed by atoms with Crippen LogP contribution in [0.3, 0.4) is 0 Å². The molecule has 1 saturated heterocycles. The van der Waals surface area contributed by atoms with E-state index in [1.54, 1.807) is 0 Å². The van der Waals surface area contributed by atoms with E-state index in [-0.39, 0.29) is 13.0 Å². The number of benzene rings is 2. The van der Waals surface area contributed by atoms with E-state index in [2.05, 4.69) is 5.32 Å². The molecular weight excluding hydrogens is 356 g/mol. The van der Waals surface area contributed by atoms with E-state index < -0.39 is 23.4 Å². The molecule has 1 N–H and O–H groups in total. The standard InChI is InChI=1S/C22H24N2O4/c1-2-3-16-28-19(25)14-15-24-20(26)22(23-21(24)27,17-10-6-4-7-11-17)18-12-8-5-9-13-18/h4-13H,2-3,14-16H2,1H3,(H,23,27). The van der Waals surface area contributed by atoms with Crippen LogP contribution in [0, 0.1) is 0 Å². The van der Waals surface area contributed by atoms with Gasteiger partial charge >= 0.3 is 12.0 Å². The Balaban J connectivity index is 1.84. The molecular formula is C22H24N2O4. The highest BCUT2D eigenvalue weighted by Crippen LogP contribution is 2.35. The Morgan fingerprint density at radius 2 is 1.57 bits per heavy atom. The summed E-state index contributed by atoms with van der Waals surface area (Å²) >= 11 is 0. The predicted octanol–water partition coefficient (Wildman–Crippen LogP) is 3.22. The van der Waals surface area contributed by atoms with Gasteiger partial charge in [0.05, 0.1) is 13.0 Å². The Kier molecular flexibility index (Phi) is 6.09. The second kappa shape index (κ2) is 8.69. The first-order valence-corrected chi connectivity index (χ1v) is 9.50. The van der Waals surface area contributed by atoms with E-state index in [0.717, 1.165) is 17.7 Å². The van der Waals surface area contributed by atoms with Gasteiger partial charge in [0.15, 0.2) is 5.54 Å². The van der Waals surface area contributed by atoms with Crippen LogP contribution in [-0.2, 0) is 19.9 Å². The minimum Gasteiger partial charge on any atom is -0.466 e. The Bertz CT molecular complexity index is 797. The quantitative estimate of drug-likeness (QED) is 0.433. The molecule has 28 heavy (non-hydrogen) atoms. The van der Waals surface area contributed by atoms with Crippen LogP contribution in [0.2, 0.25) is 0 Å². The van der Waals surface area contributed by atoms with Crippen molar-refractivity contribution in [1.29, 1.82) is 0 Å². The van der Waals surface area contributed by atoms with Crippen LogP contribution in [0.15, 0.2) is 60.7 Å². The van der Waals surface area contributed by atoms with Crippen molar-refractivity contribution >= 4 is 17.9 Å². The number of hydrogen-bond donors (Lipinski definition) is 1.